The molecule has 0 bridgehead atoms. The molecule has 126 valence electrons. The summed E-state index contributed by atoms with van der Waals surface area (Å²) in [5, 5.41) is 12.8. The molecule has 0 aliphatic rings. The Hall–Kier alpha value is -3.19. The minimum absolute atomic E-state index is 0.0714. The van der Waals surface area contributed by atoms with Crippen LogP contribution in [0.1, 0.15) is 10.4 Å². The smallest absolute Gasteiger partial charge is 0.273 e. The third-order valence-corrected chi connectivity index (χ3v) is 3.81. The number of aromatic hydroxyl groups is 1. The van der Waals surface area contributed by atoms with Crippen LogP contribution in [0.25, 0.3) is 10.8 Å². The molecule has 0 spiro atoms. The second-order valence-electron chi connectivity index (χ2n) is 5.31. The molecule has 0 saturated heterocycles. The third kappa shape index (κ3) is 3.51. The molecule has 0 radical (unpaired) electrons. The van der Waals surface area contributed by atoms with E-state index in [-0.39, 0.29) is 16.4 Å². The lowest BCUT2D eigenvalue weighted by molar-refractivity contribution is 0.0952. The van der Waals surface area contributed by atoms with Gasteiger partial charge in [0, 0.05) is 0 Å². The Morgan fingerprint density at radius 1 is 1.08 bits per heavy atom. The molecular formula is C18H14FN3O2S. The van der Waals surface area contributed by atoms with Crippen LogP contribution in [0.5, 0.6) is 5.75 Å². The molecular weight excluding hydrogens is 341 g/mol. The zero-order chi connectivity index (χ0) is 18.0. The maximum Gasteiger partial charge on any atom is 0.273 e. The number of halogens is 1. The number of anilines is 1. The maximum atomic E-state index is 13.1. The summed E-state index contributed by atoms with van der Waals surface area (Å²) < 4.78 is 13.1. The average molecular weight is 355 g/mol. The Labute approximate surface area is 148 Å². The lowest BCUT2D eigenvalue weighted by Crippen LogP contribution is -2.49. The van der Waals surface area contributed by atoms with Gasteiger partial charge in [-0.15, -0.1) is 0 Å². The number of amides is 1. The van der Waals surface area contributed by atoms with Crippen LogP contribution in [-0.4, -0.2) is 16.1 Å². The number of thiocarbonyl (C=S) groups is 1. The van der Waals surface area contributed by atoms with Crippen LogP contribution in [0.15, 0.2) is 60.7 Å². The quantitative estimate of drug-likeness (QED) is 0.486. The van der Waals surface area contributed by atoms with Crippen molar-refractivity contribution in [2.45, 2.75) is 0 Å². The number of hydrazine groups is 1. The highest BCUT2D eigenvalue weighted by molar-refractivity contribution is 7.80. The van der Waals surface area contributed by atoms with Crippen molar-refractivity contribution in [3.8, 4) is 5.75 Å². The molecule has 0 aromatic heterocycles. The van der Waals surface area contributed by atoms with Crippen LogP contribution in [0, 0.1) is 5.82 Å². The van der Waals surface area contributed by atoms with E-state index in [0.29, 0.717) is 5.69 Å². The van der Waals surface area contributed by atoms with Crippen LogP contribution in [0.4, 0.5) is 10.1 Å². The summed E-state index contributed by atoms with van der Waals surface area (Å²) in [6.07, 6.45) is 0. The lowest BCUT2D eigenvalue weighted by atomic mass is 10.1. The van der Waals surface area contributed by atoms with E-state index in [4.69, 9.17) is 18.0 Å². The van der Waals surface area contributed by atoms with E-state index in [9.17, 15) is 14.3 Å². The van der Waals surface area contributed by atoms with Gasteiger partial charge in [-0.3, -0.25) is 10.2 Å². The molecule has 0 atom stereocenters. The first-order chi connectivity index (χ1) is 12.0. The van der Waals surface area contributed by atoms with E-state index in [0.717, 1.165) is 15.8 Å². The van der Waals surface area contributed by atoms with Crippen molar-refractivity contribution in [1.82, 2.24) is 5.43 Å². The Balaban J connectivity index is 1.93. The fourth-order valence-electron chi connectivity index (χ4n) is 2.41. The van der Waals surface area contributed by atoms with Crippen LogP contribution in [-0.2, 0) is 0 Å². The highest BCUT2D eigenvalue weighted by atomic mass is 32.1. The monoisotopic (exact) mass is 355 g/mol. The van der Waals surface area contributed by atoms with Crippen molar-refractivity contribution >= 4 is 39.7 Å². The van der Waals surface area contributed by atoms with Gasteiger partial charge in [0.2, 0.25) is 0 Å². The number of phenols is 1. The molecule has 1 amide bonds. The Kier molecular flexibility index (Phi) is 4.49. The van der Waals surface area contributed by atoms with E-state index in [2.05, 4.69) is 5.43 Å². The normalized spacial score (nSPS) is 10.4. The van der Waals surface area contributed by atoms with Crippen LogP contribution in [0.2, 0.25) is 0 Å². The minimum Gasteiger partial charge on any atom is -0.507 e. The summed E-state index contributed by atoms with van der Waals surface area (Å²) in [5.41, 5.74) is 8.63. The molecule has 3 rings (SSSR count). The van der Waals surface area contributed by atoms with Crippen molar-refractivity contribution in [2.75, 3.05) is 5.01 Å². The molecule has 3 aromatic rings. The summed E-state index contributed by atoms with van der Waals surface area (Å²) in [4.78, 5) is 12.6. The van der Waals surface area contributed by atoms with Crippen molar-refractivity contribution < 1.29 is 14.3 Å². The molecule has 0 fully saturated rings. The number of hydrogen-bond acceptors (Lipinski definition) is 3. The Morgan fingerprint density at radius 2 is 1.68 bits per heavy atom. The van der Waals surface area contributed by atoms with E-state index >= 15 is 0 Å². The number of carbonyl (C=O) groups is 1. The van der Waals surface area contributed by atoms with Crippen LogP contribution in [0.3, 0.4) is 0 Å². The number of carbonyl (C=O) groups excluding carboxylic acids is 1. The SMILES string of the molecule is NC(=S)N(NC(=O)c1cc2ccccc2cc1O)c1ccc(F)cc1. The summed E-state index contributed by atoms with van der Waals surface area (Å²) in [6.45, 7) is 0. The zero-order valence-electron chi connectivity index (χ0n) is 12.9. The minimum atomic E-state index is -0.597. The molecule has 0 aliphatic heterocycles. The fraction of sp³-hybridized carbons (Fsp3) is 0. The number of benzene rings is 3. The summed E-state index contributed by atoms with van der Waals surface area (Å²) in [7, 11) is 0. The fourth-order valence-corrected chi connectivity index (χ4v) is 2.56. The molecule has 0 aliphatic carbocycles. The predicted molar refractivity (Wildman–Crippen MR) is 98.7 cm³/mol. The molecule has 3 aromatic carbocycles. The van der Waals surface area contributed by atoms with Gasteiger partial charge in [0.15, 0.2) is 5.11 Å². The van der Waals surface area contributed by atoms with E-state index in [1.54, 1.807) is 6.07 Å². The number of rotatable bonds is 2. The number of nitrogens with two attached hydrogens (primary N) is 1. The van der Waals surface area contributed by atoms with Gasteiger partial charge in [-0.1, -0.05) is 24.3 Å². The van der Waals surface area contributed by atoms with Crippen LogP contribution < -0.4 is 16.2 Å². The van der Waals surface area contributed by atoms with Crippen molar-refractivity contribution in [3.05, 3.63) is 72.0 Å². The second kappa shape index (κ2) is 6.74. The topological polar surface area (TPSA) is 78.6 Å². The first-order valence-corrected chi connectivity index (χ1v) is 7.74. The Morgan fingerprint density at radius 3 is 2.28 bits per heavy atom. The van der Waals surface area contributed by atoms with Gasteiger partial charge in [0.25, 0.3) is 5.91 Å². The lowest BCUT2D eigenvalue weighted by Gasteiger charge is -2.23. The van der Waals surface area contributed by atoms with Gasteiger partial charge >= 0.3 is 0 Å². The van der Waals surface area contributed by atoms with Crippen molar-refractivity contribution in [2.24, 2.45) is 5.73 Å². The molecule has 0 heterocycles. The number of nitrogens with one attached hydrogen (secondary N) is 1. The maximum absolute atomic E-state index is 13.1. The average Bonchev–Trinajstić information content (AvgIpc) is 2.59. The highest BCUT2D eigenvalue weighted by Gasteiger charge is 2.18. The van der Waals surface area contributed by atoms with Gasteiger partial charge in [-0.2, -0.15) is 0 Å². The van der Waals surface area contributed by atoms with Gasteiger partial charge < -0.3 is 10.8 Å². The number of phenolic OH excluding ortho intramolecular Hbond substituents is 1. The molecule has 25 heavy (non-hydrogen) atoms. The standard InChI is InChI=1S/C18H14FN3O2S/c19-13-5-7-14(8-6-13)22(18(20)25)21-17(24)15-9-11-3-1-2-4-12(11)10-16(15)23/h1-10,23H,(H2,20,25)(H,21,24). The molecule has 7 heteroatoms. The second-order valence-corrected chi connectivity index (χ2v) is 5.73. The largest absolute Gasteiger partial charge is 0.507 e. The molecule has 5 nitrogen and oxygen atoms in total. The van der Waals surface area contributed by atoms with Crippen molar-refractivity contribution in [1.29, 1.82) is 0 Å². The van der Waals surface area contributed by atoms with E-state index < -0.39 is 11.7 Å². The molecule has 0 saturated carbocycles. The zero-order valence-corrected chi connectivity index (χ0v) is 13.8. The van der Waals surface area contributed by atoms with Gasteiger partial charge in [0.1, 0.15) is 11.6 Å². The third-order valence-electron chi connectivity index (χ3n) is 3.63. The predicted octanol–water partition coefficient (Wildman–Crippen LogP) is 3.08. The number of hydrogen-bond donors (Lipinski definition) is 3. The van der Waals surface area contributed by atoms with Crippen LogP contribution >= 0.6 is 12.2 Å². The number of fused-ring (bicyclic) bond motifs is 1. The first-order valence-electron chi connectivity index (χ1n) is 7.33. The van der Waals surface area contributed by atoms with E-state index in [1.807, 2.05) is 24.3 Å². The summed E-state index contributed by atoms with van der Waals surface area (Å²) in [6, 6.07) is 15.7. The summed E-state index contributed by atoms with van der Waals surface area (Å²) >= 11 is 4.94. The molecule has 4 N–H and O–H groups in total. The van der Waals surface area contributed by atoms with Gasteiger partial charge in [-0.25, -0.2) is 9.40 Å². The van der Waals surface area contributed by atoms with Gasteiger partial charge in [-0.05, 0) is 59.4 Å². The molecule has 0 unspecified atom stereocenters. The Bertz CT molecular complexity index is 960. The van der Waals surface area contributed by atoms with Gasteiger partial charge in [0.05, 0.1) is 11.3 Å². The van der Waals surface area contributed by atoms with E-state index in [1.165, 1.54) is 30.3 Å². The first kappa shape index (κ1) is 16.7. The number of nitrogens with zero attached hydrogens (tertiary/aromatic N) is 1. The highest BCUT2D eigenvalue weighted by Crippen LogP contribution is 2.25. The summed E-state index contributed by atoms with van der Waals surface area (Å²) in [5.74, 6) is -1.19. The van der Waals surface area contributed by atoms with Crippen molar-refractivity contribution in [3.63, 3.8) is 0 Å².